The lowest BCUT2D eigenvalue weighted by atomic mass is 9.99. The largest absolute Gasteiger partial charge is 0.465 e. The molecule has 0 aromatic rings. The molecule has 1 aliphatic rings. The van der Waals surface area contributed by atoms with Crippen LogP contribution >= 0.6 is 0 Å². The van der Waals surface area contributed by atoms with Crippen LogP contribution in [-0.4, -0.2) is 39.4 Å². The summed E-state index contributed by atoms with van der Waals surface area (Å²) in [5.41, 5.74) is 0. The van der Waals surface area contributed by atoms with Gasteiger partial charge >= 0.3 is 5.97 Å². The maximum absolute atomic E-state index is 11.3. The smallest absolute Gasteiger partial charge is 0.305 e. The Morgan fingerprint density at radius 3 is 2.80 bits per heavy atom. The van der Waals surface area contributed by atoms with E-state index in [0.29, 0.717) is 25.6 Å². The van der Waals surface area contributed by atoms with E-state index in [9.17, 15) is 4.79 Å². The highest BCUT2D eigenvalue weighted by atomic mass is 16.5. The van der Waals surface area contributed by atoms with Gasteiger partial charge in [0.1, 0.15) is 0 Å². The molecule has 1 saturated heterocycles. The highest BCUT2D eigenvalue weighted by Gasteiger charge is 2.14. The van der Waals surface area contributed by atoms with Gasteiger partial charge in [-0.25, -0.2) is 0 Å². The topological polar surface area (TPSA) is 47.6 Å². The van der Waals surface area contributed by atoms with E-state index in [4.69, 9.17) is 9.47 Å². The first-order chi connectivity index (χ1) is 7.33. The minimum absolute atomic E-state index is 0.0921. The van der Waals surface area contributed by atoms with Crippen LogP contribution in [0.15, 0.2) is 0 Å². The van der Waals surface area contributed by atoms with Crippen LogP contribution in [0.3, 0.4) is 0 Å². The third-order valence-corrected chi connectivity index (χ3v) is 2.67. The first-order valence-corrected chi connectivity index (χ1v) is 5.68. The highest BCUT2D eigenvalue weighted by molar-refractivity contribution is 5.69. The number of methoxy groups -OCH3 is 1. The van der Waals surface area contributed by atoms with Gasteiger partial charge in [-0.3, -0.25) is 4.79 Å². The zero-order valence-electron chi connectivity index (χ0n) is 9.46. The van der Waals surface area contributed by atoms with E-state index in [1.54, 1.807) is 7.11 Å². The summed E-state index contributed by atoms with van der Waals surface area (Å²) < 4.78 is 10.1. The maximum atomic E-state index is 11.3. The Labute approximate surface area is 91.3 Å². The number of nitrogens with one attached hydrogen (secondary N) is 1. The van der Waals surface area contributed by atoms with E-state index < -0.39 is 0 Å². The van der Waals surface area contributed by atoms with E-state index in [0.717, 1.165) is 32.4 Å². The predicted molar refractivity (Wildman–Crippen MR) is 57.7 cm³/mol. The van der Waals surface area contributed by atoms with Crippen LogP contribution in [0.25, 0.3) is 0 Å². The summed E-state index contributed by atoms with van der Waals surface area (Å²) in [5, 5.41) is 3.29. The Morgan fingerprint density at radius 1 is 1.40 bits per heavy atom. The summed E-state index contributed by atoms with van der Waals surface area (Å²) in [4.78, 5) is 11.3. The monoisotopic (exact) mass is 215 g/mol. The third kappa shape index (κ3) is 5.74. The number of ether oxygens (including phenoxy) is 2. The van der Waals surface area contributed by atoms with E-state index in [2.05, 4.69) is 5.32 Å². The SMILES string of the molecule is COCCCC(=O)OCC1CCNCC1. The van der Waals surface area contributed by atoms with Crippen molar-refractivity contribution in [3.63, 3.8) is 0 Å². The Morgan fingerprint density at radius 2 is 2.13 bits per heavy atom. The average Bonchev–Trinajstić information content (AvgIpc) is 2.28. The van der Waals surface area contributed by atoms with Crippen molar-refractivity contribution in [3.05, 3.63) is 0 Å². The molecule has 0 bridgehead atoms. The molecule has 0 aromatic carbocycles. The van der Waals surface area contributed by atoms with Crippen LogP contribution in [0.1, 0.15) is 25.7 Å². The number of esters is 1. The van der Waals surface area contributed by atoms with Gasteiger partial charge in [0.05, 0.1) is 6.61 Å². The summed E-state index contributed by atoms with van der Waals surface area (Å²) >= 11 is 0. The fourth-order valence-corrected chi connectivity index (χ4v) is 1.69. The van der Waals surface area contributed by atoms with Crippen molar-refractivity contribution in [2.75, 3.05) is 33.4 Å². The summed E-state index contributed by atoms with van der Waals surface area (Å²) in [6.07, 6.45) is 3.46. The van der Waals surface area contributed by atoms with Crippen molar-refractivity contribution >= 4 is 5.97 Å². The fourth-order valence-electron chi connectivity index (χ4n) is 1.69. The molecule has 1 heterocycles. The van der Waals surface area contributed by atoms with Crippen molar-refractivity contribution in [3.8, 4) is 0 Å². The molecule has 4 nitrogen and oxygen atoms in total. The summed E-state index contributed by atoms with van der Waals surface area (Å²) in [6, 6.07) is 0. The van der Waals surface area contributed by atoms with E-state index in [1.807, 2.05) is 0 Å². The molecule has 1 fully saturated rings. The number of carbonyl (C=O) groups is 1. The molecule has 0 unspecified atom stereocenters. The van der Waals surface area contributed by atoms with Crippen molar-refractivity contribution in [1.82, 2.24) is 5.32 Å². The van der Waals surface area contributed by atoms with Crippen LogP contribution in [0.2, 0.25) is 0 Å². The van der Waals surface area contributed by atoms with Gasteiger partial charge in [0.25, 0.3) is 0 Å². The summed E-state index contributed by atoms with van der Waals surface area (Å²) in [7, 11) is 1.64. The van der Waals surface area contributed by atoms with Gasteiger partial charge in [0, 0.05) is 20.1 Å². The fraction of sp³-hybridized carbons (Fsp3) is 0.909. The predicted octanol–water partition coefficient (Wildman–Crippen LogP) is 0.956. The van der Waals surface area contributed by atoms with Crippen molar-refractivity contribution in [2.45, 2.75) is 25.7 Å². The maximum Gasteiger partial charge on any atom is 0.305 e. The summed E-state index contributed by atoms with van der Waals surface area (Å²) in [6.45, 7) is 3.31. The van der Waals surface area contributed by atoms with Crippen molar-refractivity contribution < 1.29 is 14.3 Å². The molecule has 88 valence electrons. The van der Waals surface area contributed by atoms with E-state index in [1.165, 1.54) is 0 Å². The average molecular weight is 215 g/mol. The number of hydrogen-bond acceptors (Lipinski definition) is 4. The standard InChI is InChI=1S/C11H21NO3/c1-14-8-2-3-11(13)15-9-10-4-6-12-7-5-10/h10,12H,2-9H2,1H3. The normalized spacial score (nSPS) is 17.7. The first kappa shape index (κ1) is 12.5. The minimum atomic E-state index is -0.0921. The Balaban J connectivity index is 2.00. The van der Waals surface area contributed by atoms with Gasteiger partial charge in [-0.1, -0.05) is 0 Å². The molecule has 4 heteroatoms. The molecule has 0 amide bonds. The third-order valence-electron chi connectivity index (χ3n) is 2.67. The second kappa shape index (κ2) is 7.65. The Hall–Kier alpha value is -0.610. The quantitative estimate of drug-likeness (QED) is 0.529. The number of carbonyl (C=O) groups excluding carboxylic acids is 1. The molecular formula is C11H21NO3. The van der Waals surface area contributed by atoms with Gasteiger partial charge < -0.3 is 14.8 Å². The van der Waals surface area contributed by atoms with Gasteiger partial charge in [-0.2, -0.15) is 0 Å². The van der Waals surface area contributed by atoms with Crippen LogP contribution in [0, 0.1) is 5.92 Å². The van der Waals surface area contributed by atoms with Gasteiger partial charge in [0.2, 0.25) is 0 Å². The molecule has 1 N–H and O–H groups in total. The number of piperidine rings is 1. The molecule has 1 aliphatic heterocycles. The second-order valence-corrected chi connectivity index (χ2v) is 3.97. The molecule has 0 saturated carbocycles. The van der Waals surface area contributed by atoms with Crippen LogP contribution in [-0.2, 0) is 14.3 Å². The molecule has 0 aromatic heterocycles. The second-order valence-electron chi connectivity index (χ2n) is 3.97. The van der Waals surface area contributed by atoms with Crippen LogP contribution in [0.4, 0.5) is 0 Å². The van der Waals surface area contributed by atoms with E-state index >= 15 is 0 Å². The minimum Gasteiger partial charge on any atom is -0.465 e. The molecule has 15 heavy (non-hydrogen) atoms. The molecule has 0 spiro atoms. The Kier molecular flexibility index (Phi) is 6.36. The van der Waals surface area contributed by atoms with Crippen LogP contribution in [0.5, 0.6) is 0 Å². The Bertz CT molecular complexity index is 179. The van der Waals surface area contributed by atoms with Gasteiger partial charge in [-0.05, 0) is 38.3 Å². The lowest BCUT2D eigenvalue weighted by molar-refractivity contribution is -0.145. The molecule has 0 aliphatic carbocycles. The van der Waals surface area contributed by atoms with Crippen molar-refractivity contribution in [1.29, 1.82) is 0 Å². The van der Waals surface area contributed by atoms with Crippen LogP contribution < -0.4 is 5.32 Å². The molecular weight excluding hydrogens is 194 g/mol. The summed E-state index contributed by atoms with van der Waals surface area (Å²) in [5.74, 6) is 0.461. The van der Waals surface area contributed by atoms with Gasteiger partial charge in [0.15, 0.2) is 0 Å². The zero-order chi connectivity index (χ0) is 10.9. The molecule has 0 atom stereocenters. The van der Waals surface area contributed by atoms with E-state index in [-0.39, 0.29) is 5.97 Å². The molecule has 0 radical (unpaired) electrons. The molecule has 1 rings (SSSR count). The lowest BCUT2D eigenvalue weighted by Gasteiger charge is -2.22. The lowest BCUT2D eigenvalue weighted by Crippen LogP contribution is -2.30. The highest BCUT2D eigenvalue weighted by Crippen LogP contribution is 2.12. The number of hydrogen-bond donors (Lipinski definition) is 1. The first-order valence-electron chi connectivity index (χ1n) is 5.68. The number of rotatable bonds is 6. The van der Waals surface area contributed by atoms with Gasteiger partial charge in [-0.15, -0.1) is 0 Å². The zero-order valence-corrected chi connectivity index (χ0v) is 9.46. The van der Waals surface area contributed by atoms with Crippen molar-refractivity contribution in [2.24, 2.45) is 5.92 Å².